The van der Waals surface area contributed by atoms with Crippen molar-refractivity contribution in [1.29, 1.82) is 0 Å². The molecule has 0 saturated carbocycles. The average molecular weight is 324 g/mol. The highest BCUT2D eigenvalue weighted by Gasteiger charge is 2.10. The Morgan fingerprint density at radius 1 is 1.08 bits per heavy atom. The summed E-state index contributed by atoms with van der Waals surface area (Å²) in [6, 6.07) is 14.6. The molecule has 0 atom stereocenters. The van der Waals surface area contributed by atoms with Crippen molar-refractivity contribution in [2.45, 2.75) is 40.2 Å². The van der Waals surface area contributed by atoms with Gasteiger partial charge in [0.1, 0.15) is 0 Å². The summed E-state index contributed by atoms with van der Waals surface area (Å²) in [6.45, 7) is 9.61. The van der Waals surface area contributed by atoms with Crippen LogP contribution in [0.5, 0.6) is 0 Å². The van der Waals surface area contributed by atoms with Gasteiger partial charge >= 0.3 is 0 Å². The Bertz CT molecular complexity index is 689. The SMILES string of the molecule is Cc1cccc(NC(=O)CN(C)Cc2ccc(C(C)C)cc2)c1C. The number of nitrogens with zero attached hydrogens (tertiary/aromatic N) is 1. The number of anilines is 1. The monoisotopic (exact) mass is 324 g/mol. The topological polar surface area (TPSA) is 32.3 Å². The van der Waals surface area contributed by atoms with Crippen LogP contribution in [0.4, 0.5) is 5.69 Å². The first kappa shape index (κ1) is 18.2. The average Bonchev–Trinajstić information content (AvgIpc) is 2.52. The maximum absolute atomic E-state index is 12.3. The molecule has 0 saturated heterocycles. The number of hydrogen-bond acceptors (Lipinski definition) is 2. The number of carbonyl (C=O) groups is 1. The lowest BCUT2D eigenvalue weighted by Crippen LogP contribution is -2.30. The van der Waals surface area contributed by atoms with Crippen LogP contribution in [0, 0.1) is 13.8 Å². The zero-order valence-corrected chi connectivity index (χ0v) is 15.4. The first-order valence-electron chi connectivity index (χ1n) is 8.50. The van der Waals surface area contributed by atoms with Crippen LogP contribution in [-0.4, -0.2) is 24.4 Å². The maximum Gasteiger partial charge on any atom is 0.238 e. The Morgan fingerprint density at radius 2 is 1.75 bits per heavy atom. The van der Waals surface area contributed by atoms with E-state index in [9.17, 15) is 4.79 Å². The van der Waals surface area contributed by atoms with Crippen LogP contribution in [0.1, 0.15) is 42.0 Å². The molecule has 0 spiro atoms. The maximum atomic E-state index is 12.3. The number of aryl methyl sites for hydroxylation is 1. The molecular weight excluding hydrogens is 296 g/mol. The second kappa shape index (κ2) is 8.11. The molecule has 0 aliphatic heterocycles. The lowest BCUT2D eigenvalue weighted by molar-refractivity contribution is -0.117. The first-order chi connectivity index (χ1) is 11.4. The minimum atomic E-state index is 0.0185. The summed E-state index contributed by atoms with van der Waals surface area (Å²) < 4.78 is 0. The van der Waals surface area contributed by atoms with Crippen molar-refractivity contribution >= 4 is 11.6 Å². The van der Waals surface area contributed by atoms with Gasteiger partial charge in [0.15, 0.2) is 0 Å². The third-order valence-corrected chi connectivity index (χ3v) is 4.39. The predicted molar refractivity (Wildman–Crippen MR) is 101 cm³/mol. The first-order valence-corrected chi connectivity index (χ1v) is 8.50. The largest absolute Gasteiger partial charge is 0.325 e. The number of hydrogen-bond donors (Lipinski definition) is 1. The number of nitrogens with one attached hydrogen (secondary N) is 1. The molecule has 0 bridgehead atoms. The summed E-state index contributed by atoms with van der Waals surface area (Å²) in [5.74, 6) is 0.560. The second-order valence-electron chi connectivity index (χ2n) is 6.86. The summed E-state index contributed by atoms with van der Waals surface area (Å²) >= 11 is 0. The van der Waals surface area contributed by atoms with E-state index in [4.69, 9.17) is 0 Å². The summed E-state index contributed by atoms with van der Waals surface area (Å²) in [5.41, 5.74) is 5.77. The van der Waals surface area contributed by atoms with Crippen LogP contribution in [0.2, 0.25) is 0 Å². The van der Waals surface area contributed by atoms with Crippen LogP contribution >= 0.6 is 0 Å². The molecule has 3 heteroatoms. The van der Waals surface area contributed by atoms with E-state index < -0.39 is 0 Å². The fourth-order valence-electron chi connectivity index (χ4n) is 2.70. The molecule has 2 aromatic carbocycles. The van der Waals surface area contributed by atoms with E-state index in [0.717, 1.165) is 17.8 Å². The highest BCUT2D eigenvalue weighted by atomic mass is 16.2. The van der Waals surface area contributed by atoms with Gasteiger partial charge in [-0.2, -0.15) is 0 Å². The summed E-state index contributed by atoms with van der Waals surface area (Å²) in [5, 5.41) is 3.01. The van der Waals surface area contributed by atoms with Crippen LogP contribution in [0.3, 0.4) is 0 Å². The molecule has 0 aliphatic carbocycles. The van der Waals surface area contributed by atoms with E-state index in [0.29, 0.717) is 12.5 Å². The van der Waals surface area contributed by atoms with E-state index in [1.807, 2.05) is 31.0 Å². The van der Waals surface area contributed by atoms with Crippen molar-refractivity contribution < 1.29 is 4.79 Å². The second-order valence-corrected chi connectivity index (χ2v) is 6.86. The van der Waals surface area contributed by atoms with Gasteiger partial charge in [-0.05, 0) is 55.1 Å². The molecule has 0 radical (unpaired) electrons. The smallest absolute Gasteiger partial charge is 0.238 e. The van der Waals surface area contributed by atoms with Crippen molar-refractivity contribution in [3.8, 4) is 0 Å². The highest BCUT2D eigenvalue weighted by Crippen LogP contribution is 2.18. The quantitative estimate of drug-likeness (QED) is 0.848. The van der Waals surface area contributed by atoms with Gasteiger partial charge in [0.25, 0.3) is 0 Å². The fourth-order valence-corrected chi connectivity index (χ4v) is 2.70. The molecule has 3 nitrogen and oxygen atoms in total. The Kier molecular flexibility index (Phi) is 6.16. The number of likely N-dealkylation sites (N-methyl/N-ethyl adjacent to an activating group) is 1. The molecule has 1 N–H and O–H groups in total. The van der Waals surface area contributed by atoms with Gasteiger partial charge in [0, 0.05) is 12.2 Å². The van der Waals surface area contributed by atoms with Crippen LogP contribution in [0.25, 0.3) is 0 Å². The van der Waals surface area contributed by atoms with Gasteiger partial charge in [0.2, 0.25) is 5.91 Å². The number of rotatable bonds is 6. The lowest BCUT2D eigenvalue weighted by Gasteiger charge is -2.18. The minimum absolute atomic E-state index is 0.0185. The van der Waals surface area contributed by atoms with Crippen LogP contribution in [0.15, 0.2) is 42.5 Å². The standard InChI is InChI=1S/C21H28N2O/c1-15(2)19-11-9-18(10-12-19)13-23(5)14-21(24)22-20-8-6-7-16(3)17(20)4/h6-12,15H,13-14H2,1-5H3,(H,22,24). The molecule has 0 unspecified atom stereocenters. The molecular formula is C21H28N2O. The molecule has 0 aliphatic rings. The lowest BCUT2D eigenvalue weighted by atomic mass is 10.0. The molecule has 128 valence electrons. The van der Waals surface area contributed by atoms with E-state index in [2.05, 4.69) is 56.4 Å². The van der Waals surface area contributed by atoms with E-state index in [1.165, 1.54) is 16.7 Å². The Morgan fingerprint density at radius 3 is 2.38 bits per heavy atom. The van der Waals surface area contributed by atoms with Crippen molar-refractivity contribution in [1.82, 2.24) is 4.90 Å². The third kappa shape index (κ3) is 4.93. The van der Waals surface area contributed by atoms with Crippen LogP contribution < -0.4 is 5.32 Å². The summed E-state index contributed by atoms with van der Waals surface area (Å²) in [4.78, 5) is 14.3. The zero-order valence-electron chi connectivity index (χ0n) is 15.4. The van der Waals surface area contributed by atoms with Gasteiger partial charge < -0.3 is 5.32 Å². The predicted octanol–water partition coefficient (Wildman–Crippen LogP) is 4.50. The zero-order chi connectivity index (χ0) is 17.7. The van der Waals surface area contributed by atoms with Gasteiger partial charge in [-0.15, -0.1) is 0 Å². The molecule has 2 aromatic rings. The minimum Gasteiger partial charge on any atom is -0.325 e. The Balaban J connectivity index is 1.90. The molecule has 1 amide bonds. The summed E-state index contributed by atoms with van der Waals surface area (Å²) in [6.07, 6.45) is 0. The Labute approximate surface area is 145 Å². The van der Waals surface area contributed by atoms with E-state index in [1.54, 1.807) is 0 Å². The third-order valence-electron chi connectivity index (χ3n) is 4.39. The number of amides is 1. The number of benzene rings is 2. The molecule has 0 aromatic heterocycles. The summed E-state index contributed by atoms with van der Waals surface area (Å²) in [7, 11) is 1.97. The fraction of sp³-hybridized carbons (Fsp3) is 0.381. The Hall–Kier alpha value is -2.13. The normalized spacial score (nSPS) is 11.1. The molecule has 2 rings (SSSR count). The van der Waals surface area contributed by atoms with Crippen molar-refractivity contribution in [3.05, 3.63) is 64.7 Å². The molecule has 24 heavy (non-hydrogen) atoms. The van der Waals surface area contributed by atoms with Crippen molar-refractivity contribution in [2.24, 2.45) is 0 Å². The highest BCUT2D eigenvalue weighted by molar-refractivity contribution is 5.93. The van der Waals surface area contributed by atoms with E-state index in [-0.39, 0.29) is 5.91 Å². The van der Waals surface area contributed by atoms with Crippen LogP contribution in [-0.2, 0) is 11.3 Å². The van der Waals surface area contributed by atoms with E-state index >= 15 is 0 Å². The van der Waals surface area contributed by atoms with Gasteiger partial charge in [-0.3, -0.25) is 9.69 Å². The van der Waals surface area contributed by atoms with Gasteiger partial charge in [-0.25, -0.2) is 0 Å². The molecule has 0 heterocycles. The number of carbonyl (C=O) groups excluding carboxylic acids is 1. The van der Waals surface area contributed by atoms with Crippen molar-refractivity contribution in [2.75, 3.05) is 18.9 Å². The van der Waals surface area contributed by atoms with Gasteiger partial charge in [-0.1, -0.05) is 50.2 Å². The molecule has 0 fully saturated rings. The van der Waals surface area contributed by atoms with Gasteiger partial charge in [0.05, 0.1) is 6.54 Å². The van der Waals surface area contributed by atoms with Crippen molar-refractivity contribution in [3.63, 3.8) is 0 Å².